The highest BCUT2D eigenvalue weighted by molar-refractivity contribution is 5.95. The fourth-order valence-electron chi connectivity index (χ4n) is 3.20. The van der Waals surface area contributed by atoms with Crippen LogP contribution >= 0.6 is 0 Å². The molecule has 2 amide bonds. The van der Waals surface area contributed by atoms with Crippen LogP contribution in [-0.2, 0) is 16.1 Å². The van der Waals surface area contributed by atoms with E-state index in [1.807, 2.05) is 6.07 Å². The standard InChI is InChI=1S/C21H24N2O6/c1-13(24)23-12-20(29-16-8-6-5-7-15(16)23)21(25)22-11-14-9-18(27-3)19(28-4)10-17(14)26-2/h5-10,20H,11-12H2,1-4H3,(H,22,25)/t20-/m1/s1. The van der Waals surface area contributed by atoms with Crippen LogP contribution in [0.1, 0.15) is 12.5 Å². The Hall–Kier alpha value is -3.42. The first-order chi connectivity index (χ1) is 14.0. The minimum atomic E-state index is -0.820. The normalized spacial score (nSPS) is 15.0. The molecule has 8 heteroatoms. The van der Waals surface area contributed by atoms with Gasteiger partial charge in [-0.3, -0.25) is 9.59 Å². The molecule has 1 atom stereocenters. The van der Waals surface area contributed by atoms with Crippen molar-refractivity contribution >= 4 is 17.5 Å². The van der Waals surface area contributed by atoms with Gasteiger partial charge >= 0.3 is 0 Å². The Labute approximate surface area is 169 Å². The maximum Gasteiger partial charge on any atom is 0.263 e. The number of rotatable bonds is 6. The summed E-state index contributed by atoms with van der Waals surface area (Å²) in [6.07, 6.45) is -0.820. The second kappa shape index (κ2) is 8.72. The second-order valence-corrected chi connectivity index (χ2v) is 6.44. The van der Waals surface area contributed by atoms with Crippen LogP contribution in [0, 0.1) is 0 Å². The van der Waals surface area contributed by atoms with E-state index in [1.54, 1.807) is 42.3 Å². The fraction of sp³-hybridized carbons (Fsp3) is 0.333. The van der Waals surface area contributed by atoms with Gasteiger partial charge < -0.3 is 29.2 Å². The Bertz CT molecular complexity index is 914. The predicted molar refractivity (Wildman–Crippen MR) is 107 cm³/mol. The lowest BCUT2D eigenvalue weighted by Crippen LogP contribution is -2.50. The third-order valence-corrected chi connectivity index (χ3v) is 4.69. The number of amides is 2. The van der Waals surface area contributed by atoms with Crippen LogP contribution in [0.3, 0.4) is 0 Å². The molecule has 1 aliphatic rings. The smallest absolute Gasteiger partial charge is 0.263 e. The number of anilines is 1. The monoisotopic (exact) mass is 400 g/mol. The van der Waals surface area contributed by atoms with Crippen molar-refractivity contribution in [2.24, 2.45) is 0 Å². The Morgan fingerprint density at radius 2 is 1.72 bits per heavy atom. The van der Waals surface area contributed by atoms with E-state index in [9.17, 15) is 9.59 Å². The molecule has 1 N–H and O–H groups in total. The summed E-state index contributed by atoms with van der Waals surface area (Å²) in [5, 5.41) is 2.84. The molecule has 29 heavy (non-hydrogen) atoms. The Morgan fingerprint density at radius 3 is 2.38 bits per heavy atom. The largest absolute Gasteiger partial charge is 0.496 e. The van der Waals surface area contributed by atoms with Crippen molar-refractivity contribution in [3.05, 3.63) is 42.0 Å². The molecule has 0 saturated heterocycles. The van der Waals surface area contributed by atoms with Gasteiger partial charge in [0.25, 0.3) is 5.91 Å². The van der Waals surface area contributed by atoms with Gasteiger partial charge in [0.1, 0.15) is 11.5 Å². The van der Waals surface area contributed by atoms with E-state index in [0.717, 1.165) is 5.56 Å². The molecule has 0 fully saturated rings. The molecular formula is C21H24N2O6. The Morgan fingerprint density at radius 1 is 1.07 bits per heavy atom. The topological polar surface area (TPSA) is 86.3 Å². The van der Waals surface area contributed by atoms with Crippen molar-refractivity contribution in [2.75, 3.05) is 32.8 Å². The van der Waals surface area contributed by atoms with Crippen molar-refractivity contribution in [2.45, 2.75) is 19.6 Å². The van der Waals surface area contributed by atoms with Crippen molar-refractivity contribution < 1.29 is 28.5 Å². The summed E-state index contributed by atoms with van der Waals surface area (Å²) in [4.78, 5) is 26.3. The highest BCUT2D eigenvalue weighted by Crippen LogP contribution is 2.35. The van der Waals surface area contributed by atoms with Crippen LogP contribution in [0.2, 0.25) is 0 Å². The molecule has 0 unspecified atom stereocenters. The Balaban J connectivity index is 1.75. The minimum Gasteiger partial charge on any atom is -0.496 e. The van der Waals surface area contributed by atoms with E-state index in [-0.39, 0.29) is 24.9 Å². The zero-order valence-electron chi connectivity index (χ0n) is 16.9. The Kier molecular flexibility index (Phi) is 6.11. The average Bonchev–Trinajstić information content (AvgIpc) is 2.75. The van der Waals surface area contributed by atoms with Gasteiger partial charge in [-0.25, -0.2) is 0 Å². The third-order valence-electron chi connectivity index (χ3n) is 4.69. The molecule has 154 valence electrons. The zero-order chi connectivity index (χ0) is 21.0. The number of nitrogens with zero attached hydrogens (tertiary/aromatic N) is 1. The van der Waals surface area contributed by atoms with Crippen LogP contribution in [0.25, 0.3) is 0 Å². The van der Waals surface area contributed by atoms with Crippen molar-refractivity contribution in [1.29, 1.82) is 0 Å². The maximum absolute atomic E-state index is 12.8. The number of fused-ring (bicyclic) bond motifs is 1. The molecule has 0 saturated carbocycles. The van der Waals surface area contributed by atoms with E-state index in [1.165, 1.54) is 21.1 Å². The number of hydrogen-bond acceptors (Lipinski definition) is 6. The van der Waals surface area contributed by atoms with Gasteiger partial charge in [0.05, 0.1) is 33.6 Å². The van der Waals surface area contributed by atoms with Crippen LogP contribution in [-0.4, -0.2) is 45.8 Å². The summed E-state index contributed by atoms with van der Waals surface area (Å²) in [5.74, 6) is 1.63. The number of nitrogens with one attached hydrogen (secondary N) is 1. The molecule has 1 heterocycles. The summed E-state index contributed by atoms with van der Waals surface area (Å²) in [6, 6.07) is 10.6. The molecule has 1 aliphatic heterocycles. The van der Waals surface area contributed by atoms with Gasteiger partial charge in [-0.15, -0.1) is 0 Å². The second-order valence-electron chi connectivity index (χ2n) is 6.44. The lowest BCUT2D eigenvalue weighted by molar-refractivity contribution is -0.128. The van der Waals surface area contributed by atoms with E-state index in [2.05, 4.69) is 5.32 Å². The first kappa shape index (κ1) is 20.3. The number of carbonyl (C=O) groups excluding carboxylic acids is 2. The van der Waals surface area contributed by atoms with Crippen molar-refractivity contribution in [1.82, 2.24) is 5.32 Å². The SMILES string of the molecule is COc1cc(OC)c(OC)cc1CNC(=O)[C@H]1CN(C(C)=O)c2ccccc2O1. The van der Waals surface area contributed by atoms with Gasteiger partial charge in [0.15, 0.2) is 17.6 Å². The molecule has 0 spiro atoms. The van der Waals surface area contributed by atoms with E-state index in [4.69, 9.17) is 18.9 Å². The van der Waals surface area contributed by atoms with Gasteiger partial charge in [-0.1, -0.05) is 12.1 Å². The van der Waals surface area contributed by atoms with Crippen LogP contribution in [0.5, 0.6) is 23.0 Å². The maximum atomic E-state index is 12.8. The van der Waals surface area contributed by atoms with E-state index < -0.39 is 6.10 Å². The molecule has 3 rings (SSSR count). The van der Waals surface area contributed by atoms with E-state index in [0.29, 0.717) is 28.7 Å². The van der Waals surface area contributed by atoms with Crippen LogP contribution in [0.4, 0.5) is 5.69 Å². The average molecular weight is 400 g/mol. The highest BCUT2D eigenvalue weighted by Gasteiger charge is 2.32. The van der Waals surface area contributed by atoms with Gasteiger partial charge in [-0.2, -0.15) is 0 Å². The third kappa shape index (κ3) is 4.21. The number of methoxy groups -OCH3 is 3. The molecule has 0 aliphatic carbocycles. The quantitative estimate of drug-likeness (QED) is 0.800. The van der Waals surface area contributed by atoms with Gasteiger partial charge in [-0.05, 0) is 18.2 Å². The zero-order valence-corrected chi connectivity index (χ0v) is 16.9. The summed E-state index contributed by atoms with van der Waals surface area (Å²) in [5.41, 5.74) is 1.38. The van der Waals surface area contributed by atoms with Crippen LogP contribution in [0.15, 0.2) is 36.4 Å². The van der Waals surface area contributed by atoms with Crippen LogP contribution < -0.4 is 29.2 Å². The highest BCUT2D eigenvalue weighted by atomic mass is 16.5. The number of ether oxygens (including phenoxy) is 4. The number of para-hydroxylation sites is 2. The van der Waals surface area contributed by atoms with Crippen molar-refractivity contribution in [3.63, 3.8) is 0 Å². The first-order valence-electron chi connectivity index (χ1n) is 9.08. The van der Waals surface area contributed by atoms with Gasteiger partial charge in [0, 0.05) is 25.1 Å². The summed E-state index contributed by atoms with van der Waals surface area (Å²) in [7, 11) is 4.62. The lowest BCUT2D eigenvalue weighted by atomic mass is 10.1. The minimum absolute atomic E-state index is 0.140. The van der Waals surface area contributed by atoms with E-state index >= 15 is 0 Å². The number of benzene rings is 2. The molecule has 0 bridgehead atoms. The predicted octanol–water partition coefficient (Wildman–Crippen LogP) is 2.14. The fourth-order valence-corrected chi connectivity index (χ4v) is 3.20. The summed E-state index contributed by atoms with van der Waals surface area (Å²) >= 11 is 0. The summed E-state index contributed by atoms with van der Waals surface area (Å²) in [6.45, 7) is 1.80. The number of carbonyl (C=O) groups is 2. The molecule has 2 aromatic rings. The molecule has 0 aromatic heterocycles. The first-order valence-corrected chi connectivity index (χ1v) is 9.08. The molecular weight excluding hydrogens is 376 g/mol. The summed E-state index contributed by atoms with van der Waals surface area (Å²) < 4.78 is 21.8. The molecule has 0 radical (unpaired) electrons. The van der Waals surface area contributed by atoms with Gasteiger partial charge in [0.2, 0.25) is 5.91 Å². The van der Waals surface area contributed by atoms with Crippen molar-refractivity contribution in [3.8, 4) is 23.0 Å². The molecule has 2 aromatic carbocycles. The molecule has 8 nitrogen and oxygen atoms in total. The lowest BCUT2D eigenvalue weighted by Gasteiger charge is -2.33. The number of hydrogen-bond donors (Lipinski definition) is 1.